The van der Waals surface area contributed by atoms with E-state index in [9.17, 15) is 0 Å². The van der Waals surface area contributed by atoms with Crippen molar-refractivity contribution in [1.82, 2.24) is 9.97 Å². The zero-order chi connectivity index (χ0) is 13.1. The van der Waals surface area contributed by atoms with Gasteiger partial charge in [-0.05, 0) is 36.5 Å². The molecule has 3 rings (SSSR count). The first-order chi connectivity index (χ1) is 9.34. The van der Waals surface area contributed by atoms with E-state index in [1.54, 1.807) is 24.3 Å². The van der Waals surface area contributed by atoms with Gasteiger partial charge in [-0.3, -0.25) is 0 Å². The number of fused-ring (bicyclic) bond motifs is 1. The van der Waals surface area contributed by atoms with Gasteiger partial charge in [0.25, 0.3) is 0 Å². The van der Waals surface area contributed by atoms with Gasteiger partial charge in [0.1, 0.15) is 6.33 Å². The largest absolute Gasteiger partial charge is 0.323 e. The number of thioether (sulfide) groups is 1. The normalized spacial score (nSPS) is 22.6. The molecule has 0 fully saturated rings. The van der Waals surface area contributed by atoms with E-state index in [4.69, 9.17) is 5.73 Å². The van der Waals surface area contributed by atoms with Crippen LogP contribution in [0.3, 0.4) is 0 Å². The third kappa shape index (κ3) is 2.80. The molecule has 1 heterocycles. The average Bonchev–Trinajstić information content (AvgIpc) is 2.61. The van der Waals surface area contributed by atoms with Crippen LogP contribution in [-0.4, -0.2) is 15.2 Å². The highest BCUT2D eigenvalue weighted by Crippen LogP contribution is 2.36. The highest BCUT2D eigenvalue weighted by atomic mass is 32.2. The van der Waals surface area contributed by atoms with Crippen LogP contribution < -0.4 is 5.73 Å². The molecular weight excluding hydrogens is 254 g/mol. The molecule has 2 aromatic rings. The van der Waals surface area contributed by atoms with Crippen LogP contribution in [-0.2, 0) is 6.42 Å². The molecule has 3 nitrogen and oxygen atoms in total. The highest BCUT2D eigenvalue weighted by molar-refractivity contribution is 7.99. The molecule has 1 aromatic carbocycles. The summed E-state index contributed by atoms with van der Waals surface area (Å²) in [7, 11) is 0. The Morgan fingerprint density at radius 1 is 1.21 bits per heavy atom. The predicted molar refractivity (Wildman–Crippen MR) is 78.0 cm³/mol. The lowest BCUT2D eigenvalue weighted by molar-refractivity contribution is 0.631. The van der Waals surface area contributed by atoms with Crippen LogP contribution in [0.25, 0.3) is 0 Å². The number of aromatic nitrogens is 2. The van der Waals surface area contributed by atoms with Gasteiger partial charge in [0.15, 0.2) is 0 Å². The fraction of sp³-hybridized carbons (Fsp3) is 0.333. The lowest BCUT2D eigenvalue weighted by Gasteiger charge is -2.22. The van der Waals surface area contributed by atoms with Crippen molar-refractivity contribution >= 4 is 11.8 Å². The molecule has 98 valence electrons. The van der Waals surface area contributed by atoms with Crippen molar-refractivity contribution in [3.63, 3.8) is 0 Å². The standard InChI is InChI=1S/C15H17N3S/c16-15-12-6-2-1-4-11(12)5-3-7-13(15)19-14-8-9-17-10-18-14/h1-2,4,6,8-10,13,15H,3,5,7,16H2. The van der Waals surface area contributed by atoms with E-state index in [2.05, 4.69) is 34.2 Å². The lowest BCUT2D eigenvalue weighted by atomic mass is 10.00. The molecule has 0 saturated carbocycles. The fourth-order valence-corrected chi connectivity index (χ4v) is 3.73. The molecule has 0 aliphatic heterocycles. The summed E-state index contributed by atoms with van der Waals surface area (Å²) >= 11 is 1.77. The Morgan fingerprint density at radius 2 is 2.11 bits per heavy atom. The van der Waals surface area contributed by atoms with Crippen LogP contribution in [0.2, 0.25) is 0 Å². The minimum atomic E-state index is 0.0821. The van der Waals surface area contributed by atoms with Crippen LogP contribution in [0.5, 0.6) is 0 Å². The first-order valence-corrected chi connectivity index (χ1v) is 7.48. The topological polar surface area (TPSA) is 51.8 Å². The SMILES string of the molecule is NC1c2ccccc2CCCC1Sc1ccncn1. The van der Waals surface area contributed by atoms with E-state index < -0.39 is 0 Å². The number of hydrogen-bond acceptors (Lipinski definition) is 4. The summed E-state index contributed by atoms with van der Waals surface area (Å²) in [6.45, 7) is 0. The fourth-order valence-electron chi connectivity index (χ4n) is 2.60. The minimum absolute atomic E-state index is 0.0821. The Bertz CT molecular complexity index is 544. The second kappa shape index (κ2) is 5.72. The first-order valence-electron chi connectivity index (χ1n) is 6.60. The maximum atomic E-state index is 6.47. The molecule has 19 heavy (non-hydrogen) atoms. The van der Waals surface area contributed by atoms with E-state index in [1.165, 1.54) is 17.5 Å². The Kier molecular flexibility index (Phi) is 3.80. The first kappa shape index (κ1) is 12.6. The van der Waals surface area contributed by atoms with E-state index in [1.807, 2.05) is 6.07 Å². The quantitative estimate of drug-likeness (QED) is 0.674. The maximum absolute atomic E-state index is 6.47. The summed E-state index contributed by atoms with van der Waals surface area (Å²) in [5.74, 6) is 0. The van der Waals surface area contributed by atoms with Crippen molar-refractivity contribution in [3.05, 3.63) is 54.0 Å². The number of benzene rings is 1. The van der Waals surface area contributed by atoms with Crippen LogP contribution >= 0.6 is 11.8 Å². The summed E-state index contributed by atoms with van der Waals surface area (Å²) in [4.78, 5) is 8.25. The van der Waals surface area contributed by atoms with Gasteiger partial charge >= 0.3 is 0 Å². The second-order valence-electron chi connectivity index (χ2n) is 4.82. The van der Waals surface area contributed by atoms with Gasteiger partial charge in [-0.1, -0.05) is 24.3 Å². The third-order valence-corrected chi connectivity index (χ3v) is 4.89. The molecule has 0 radical (unpaired) electrons. The number of nitrogens with zero attached hydrogens (tertiary/aromatic N) is 2. The molecule has 1 aliphatic rings. The zero-order valence-corrected chi connectivity index (χ0v) is 11.5. The molecule has 2 atom stereocenters. The summed E-state index contributed by atoms with van der Waals surface area (Å²) in [5.41, 5.74) is 9.18. The Morgan fingerprint density at radius 3 is 2.95 bits per heavy atom. The monoisotopic (exact) mass is 271 g/mol. The van der Waals surface area contributed by atoms with E-state index in [-0.39, 0.29) is 6.04 Å². The Hall–Kier alpha value is -1.39. The molecule has 0 amide bonds. The molecule has 4 heteroatoms. The minimum Gasteiger partial charge on any atom is -0.323 e. The van der Waals surface area contributed by atoms with Crippen LogP contribution in [0.1, 0.15) is 30.0 Å². The van der Waals surface area contributed by atoms with Gasteiger partial charge in [0, 0.05) is 17.5 Å². The van der Waals surface area contributed by atoms with Crippen molar-refractivity contribution in [3.8, 4) is 0 Å². The van der Waals surface area contributed by atoms with Gasteiger partial charge in [-0.25, -0.2) is 9.97 Å². The molecular formula is C15H17N3S. The smallest absolute Gasteiger partial charge is 0.116 e. The zero-order valence-electron chi connectivity index (χ0n) is 10.7. The maximum Gasteiger partial charge on any atom is 0.116 e. The number of nitrogens with two attached hydrogens (primary N) is 1. The van der Waals surface area contributed by atoms with Gasteiger partial charge in [0.2, 0.25) is 0 Å². The van der Waals surface area contributed by atoms with Gasteiger partial charge in [-0.2, -0.15) is 0 Å². The van der Waals surface area contributed by atoms with Gasteiger partial charge in [0.05, 0.1) is 5.03 Å². The Balaban J connectivity index is 1.84. The van der Waals surface area contributed by atoms with Gasteiger partial charge < -0.3 is 5.73 Å². The summed E-state index contributed by atoms with van der Waals surface area (Å²) < 4.78 is 0. The average molecular weight is 271 g/mol. The molecule has 1 aliphatic carbocycles. The lowest BCUT2D eigenvalue weighted by Crippen LogP contribution is -2.23. The van der Waals surface area contributed by atoms with Crippen molar-refractivity contribution in [1.29, 1.82) is 0 Å². The van der Waals surface area contributed by atoms with Crippen LogP contribution in [0.4, 0.5) is 0 Å². The molecule has 0 bridgehead atoms. The summed E-state index contributed by atoms with van der Waals surface area (Å²) in [6.07, 6.45) is 6.83. The second-order valence-corrected chi connectivity index (χ2v) is 6.08. The molecule has 0 saturated heterocycles. The predicted octanol–water partition coefficient (Wildman–Crippen LogP) is 2.97. The third-order valence-electron chi connectivity index (χ3n) is 3.58. The summed E-state index contributed by atoms with van der Waals surface area (Å²) in [6, 6.07) is 10.6. The highest BCUT2D eigenvalue weighted by Gasteiger charge is 2.25. The van der Waals surface area contributed by atoms with Crippen molar-refractivity contribution < 1.29 is 0 Å². The molecule has 2 unspecified atom stereocenters. The Labute approximate surface area is 117 Å². The van der Waals surface area contributed by atoms with Crippen molar-refractivity contribution in [2.45, 2.75) is 35.6 Å². The number of hydrogen-bond donors (Lipinski definition) is 1. The van der Waals surface area contributed by atoms with Crippen LogP contribution in [0.15, 0.2) is 47.9 Å². The molecule has 1 aromatic heterocycles. The van der Waals surface area contributed by atoms with E-state index >= 15 is 0 Å². The van der Waals surface area contributed by atoms with Crippen LogP contribution in [0, 0.1) is 0 Å². The molecule has 0 spiro atoms. The van der Waals surface area contributed by atoms with Crippen molar-refractivity contribution in [2.75, 3.05) is 0 Å². The van der Waals surface area contributed by atoms with Gasteiger partial charge in [-0.15, -0.1) is 11.8 Å². The van der Waals surface area contributed by atoms with E-state index in [0.717, 1.165) is 17.9 Å². The molecule has 2 N–H and O–H groups in total. The van der Waals surface area contributed by atoms with Crippen molar-refractivity contribution in [2.24, 2.45) is 5.73 Å². The number of aryl methyl sites for hydroxylation is 1. The van der Waals surface area contributed by atoms with E-state index in [0.29, 0.717) is 5.25 Å². The number of rotatable bonds is 2. The summed E-state index contributed by atoms with van der Waals surface area (Å²) in [5, 5.41) is 1.40.